The summed E-state index contributed by atoms with van der Waals surface area (Å²) in [5.74, 6) is 5.74. The first kappa shape index (κ1) is 15.8. The molecule has 1 heterocycles. The number of phenolic OH excluding ortho intramolecular Hbond substituents is 1. The highest BCUT2D eigenvalue weighted by atomic mass is 16.5. The van der Waals surface area contributed by atoms with Gasteiger partial charge in [0.15, 0.2) is 17.3 Å². The summed E-state index contributed by atoms with van der Waals surface area (Å²) in [4.78, 5) is 23.8. The highest BCUT2D eigenvalue weighted by Crippen LogP contribution is 2.34. The fourth-order valence-electron chi connectivity index (χ4n) is 2.45. The molecule has 7 nitrogen and oxygen atoms in total. The summed E-state index contributed by atoms with van der Waals surface area (Å²) in [6, 6.07) is 3.56. The largest absolute Gasteiger partial charge is 0.504 e. The first-order chi connectivity index (χ1) is 10.4. The van der Waals surface area contributed by atoms with Gasteiger partial charge in [0.25, 0.3) is 0 Å². The number of nitrogens with one attached hydrogen (secondary N) is 1. The molecule has 0 radical (unpaired) electrons. The van der Waals surface area contributed by atoms with Gasteiger partial charge in [-0.05, 0) is 38.5 Å². The summed E-state index contributed by atoms with van der Waals surface area (Å²) in [6.07, 6.45) is 0. The zero-order chi connectivity index (χ0) is 16.4. The molecule has 1 aromatic carbocycles. The predicted molar refractivity (Wildman–Crippen MR) is 80.0 cm³/mol. The third-order valence-electron chi connectivity index (χ3n) is 3.52. The number of Topliss-reactive ketones (excluding diaryl/α,β-unsaturated/α-hetero) is 1. The number of hydrogen-bond acceptors (Lipinski definition) is 5. The van der Waals surface area contributed by atoms with Crippen LogP contribution in [0.5, 0.6) is 11.5 Å². The third kappa shape index (κ3) is 2.75. The topological polar surface area (TPSA) is 105 Å². The van der Waals surface area contributed by atoms with Gasteiger partial charge in [0.1, 0.15) is 0 Å². The van der Waals surface area contributed by atoms with E-state index >= 15 is 0 Å². The van der Waals surface area contributed by atoms with Crippen LogP contribution in [0.3, 0.4) is 0 Å². The smallest absolute Gasteiger partial charge is 0.336 e. The molecule has 7 heteroatoms. The molecule has 1 aliphatic rings. The second-order valence-electron chi connectivity index (χ2n) is 4.97. The Morgan fingerprint density at radius 3 is 2.77 bits per heavy atom. The first-order valence-electron chi connectivity index (χ1n) is 6.89. The van der Waals surface area contributed by atoms with Crippen molar-refractivity contribution in [1.29, 1.82) is 0 Å². The van der Waals surface area contributed by atoms with E-state index in [2.05, 4.69) is 5.32 Å². The van der Waals surface area contributed by atoms with Crippen molar-refractivity contribution < 1.29 is 19.4 Å². The number of benzene rings is 1. The molecular weight excluding hydrogens is 286 g/mol. The molecule has 0 fully saturated rings. The van der Waals surface area contributed by atoms with Gasteiger partial charge in [-0.1, -0.05) is 6.07 Å². The molecule has 0 spiro atoms. The normalized spacial score (nSPS) is 18.3. The second-order valence-corrected chi connectivity index (χ2v) is 4.97. The van der Waals surface area contributed by atoms with Crippen LogP contribution in [0.15, 0.2) is 29.5 Å². The van der Waals surface area contributed by atoms with Gasteiger partial charge >= 0.3 is 6.03 Å². The van der Waals surface area contributed by atoms with Crippen molar-refractivity contribution in [3.8, 4) is 11.5 Å². The number of carbonyl (C=O) groups is 2. The Bertz CT molecular complexity index is 654. The average molecular weight is 305 g/mol. The number of hydrogen-bond donors (Lipinski definition) is 3. The van der Waals surface area contributed by atoms with E-state index < -0.39 is 12.1 Å². The Kier molecular flexibility index (Phi) is 4.37. The van der Waals surface area contributed by atoms with Crippen LogP contribution in [0.1, 0.15) is 32.4 Å². The molecule has 0 aromatic heterocycles. The highest BCUT2D eigenvalue weighted by molar-refractivity contribution is 5.98. The predicted octanol–water partition coefficient (Wildman–Crippen LogP) is 1.59. The van der Waals surface area contributed by atoms with Gasteiger partial charge in [-0.3, -0.25) is 4.79 Å². The maximum atomic E-state index is 12.0. The van der Waals surface area contributed by atoms with Crippen molar-refractivity contribution in [3.63, 3.8) is 0 Å². The van der Waals surface area contributed by atoms with E-state index in [-0.39, 0.29) is 11.5 Å². The molecular formula is C15H19N3O4. The number of ether oxygens (including phenoxy) is 1. The van der Waals surface area contributed by atoms with Crippen molar-refractivity contribution in [3.05, 3.63) is 35.0 Å². The van der Waals surface area contributed by atoms with Gasteiger partial charge in [0, 0.05) is 11.3 Å². The Labute approximate surface area is 128 Å². The molecule has 1 aromatic rings. The van der Waals surface area contributed by atoms with Crippen LogP contribution in [0.4, 0.5) is 4.79 Å². The minimum absolute atomic E-state index is 0.00161. The standard InChI is InChI=1S/C15H19N3O4/c1-4-22-12-7-10(5-6-11(12)20)14-13(9(3)19)8(2)18(16)15(21)17-14/h5-7,14,20H,4,16H2,1-3H3,(H,17,21)/t14-/m1/s1. The van der Waals surface area contributed by atoms with Crippen molar-refractivity contribution in [1.82, 2.24) is 10.3 Å². The Hall–Kier alpha value is -2.54. The molecule has 0 unspecified atom stereocenters. The number of nitrogens with zero attached hydrogens (tertiary/aromatic N) is 1. The maximum absolute atomic E-state index is 12.0. The minimum Gasteiger partial charge on any atom is -0.504 e. The van der Waals surface area contributed by atoms with Gasteiger partial charge in [0.05, 0.1) is 12.6 Å². The van der Waals surface area contributed by atoms with Crippen molar-refractivity contribution in [2.45, 2.75) is 26.8 Å². The number of nitrogens with two attached hydrogens (primary N) is 1. The zero-order valence-corrected chi connectivity index (χ0v) is 12.7. The molecule has 0 bridgehead atoms. The lowest BCUT2D eigenvalue weighted by molar-refractivity contribution is -0.114. The molecule has 2 amide bonds. The lowest BCUT2D eigenvalue weighted by atomic mass is 9.92. The summed E-state index contributed by atoms with van der Waals surface area (Å²) >= 11 is 0. The van der Waals surface area contributed by atoms with Crippen LogP contribution in [-0.4, -0.2) is 28.5 Å². The number of ketones is 1. The van der Waals surface area contributed by atoms with Crippen LogP contribution < -0.4 is 15.9 Å². The van der Waals surface area contributed by atoms with E-state index in [0.29, 0.717) is 29.2 Å². The van der Waals surface area contributed by atoms with Gasteiger partial charge in [0.2, 0.25) is 0 Å². The average Bonchev–Trinajstić information content (AvgIpc) is 2.46. The van der Waals surface area contributed by atoms with Gasteiger partial charge in [-0.25, -0.2) is 15.6 Å². The highest BCUT2D eigenvalue weighted by Gasteiger charge is 2.33. The maximum Gasteiger partial charge on any atom is 0.336 e. The number of amides is 2. The van der Waals surface area contributed by atoms with Crippen LogP contribution in [0.2, 0.25) is 0 Å². The van der Waals surface area contributed by atoms with Crippen LogP contribution in [0, 0.1) is 0 Å². The first-order valence-corrected chi connectivity index (χ1v) is 6.89. The molecule has 0 saturated heterocycles. The zero-order valence-electron chi connectivity index (χ0n) is 12.7. The molecule has 1 aliphatic heterocycles. The van der Waals surface area contributed by atoms with Crippen molar-refractivity contribution >= 4 is 11.8 Å². The summed E-state index contributed by atoms with van der Waals surface area (Å²) in [5, 5.41) is 13.4. The van der Waals surface area contributed by atoms with E-state index in [9.17, 15) is 14.7 Å². The Morgan fingerprint density at radius 1 is 1.50 bits per heavy atom. The van der Waals surface area contributed by atoms with E-state index in [4.69, 9.17) is 10.6 Å². The number of aromatic hydroxyl groups is 1. The number of allylic oxidation sites excluding steroid dienone is 1. The van der Waals surface area contributed by atoms with Crippen molar-refractivity contribution in [2.75, 3.05) is 6.61 Å². The van der Waals surface area contributed by atoms with Crippen molar-refractivity contribution in [2.24, 2.45) is 5.84 Å². The molecule has 118 valence electrons. The van der Waals surface area contributed by atoms with Gasteiger partial charge < -0.3 is 15.2 Å². The summed E-state index contributed by atoms with van der Waals surface area (Å²) in [5.41, 5.74) is 1.43. The number of rotatable bonds is 4. The van der Waals surface area contributed by atoms with Crippen LogP contribution >= 0.6 is 0 Å². The van der Waals surface area contributed by atoms with Gasteiger partial charge in [-0.2, -0.15) is 0 Å². The van der Waals surface area contributed by atoms with E-state index in [1.807, 2.05) is 0 Å². The monoisotopic (exact) mass is 305 g/mol. The Morgan fingerprint density at radius 2 is 2.18 bits per heavy atom. The number of phenols is 1. The van der Waals surface area contributed by atoms with Gasteiger partial charge in [-0.15, -0.1) is 0 Å². The fourth-order valence-corrected chi connectivity index (χ4v) is 2.45. The molecule has 0 aliphatic carbocycles. The van der Waals surface area contributed by atoms with Crippen LogP contribution in [-0.2, 0) is 4.79 Å². The number of carbonyl (C=O) groups excluding carboxylic acids is 2. The van der Waals surface area contributed by atoms with E-state index in [1.54, 1.807) is 26.0 Å². The minimum atomic E-state index is -0.635. The second kappa shape index (κ2) is 6.07. The van der Waals surface area contributed by atoms with E-state index in [0.717, 1.165) is 5.01 Å². The quantitative estimate of drug-likeness (QED) is 0.579. The molecule has 1 atom stereocenters. The molecule has 22 heavy (non-hydrogen) atoms. The lowest BCUT2D eigenvalue weighted by Crippen LogP contribution is -2.50. The lowest BCUT2D eigenvalue weighted by Gasteiger charge is -2.32. The molecule has 4 N–H and O–H groups in total. The SMILES string of the molecule is CCOc1cc([C@H]2NC(=O)N(N)C(C)=C2C(C)=O)ccc1O. The fraction of sp³-hybridized carbons (Fsp3) is 0.333. The molecule has 2 rings (SSSR count). The summed E-state index contributed by atoms with van der Waals surface area (Å²) in [7, 11) is 0. The Balaban J connectivity index is 2.52. The molecule has 0 saturated carbocycles. The van der Waals surface area contributed by atoms with E-state index in [1.165, 1.54) is 13.0 Å². The third-order valence-corrected chi connectivity index (χ3v) is 3.52. The number of hydrazine groups is 1. The van der Waals surface area contributed by atoms with Crippen LogP contribution in [0.25, 0.3) is 0 Å². The summed E-state index contributed by atoms with van der Waals surface area (Å²) < 4.78 is 5.34. The summed E-state index contributed by atoms with van der Waals surface area (Å²) in [6.45, 7) is 5.22. The number of urea groups is 1.